The van der Waals surface area contributed by atoms with Crippen molar-refractivity contribution in [2.45, 2.75) is 39.2 Å². The van der Waals surface area contributed by atoms with Gasteiger partial charge in [0.2, 0.25) is 17.7 Å². The Balaban J connectivity index is 1.88. The van der Waals surface area contributed by atoms with Crippen LogP contribution in [0.4, 0.5) is 5.69 Å². The van der Waals surface area contributed by atoms with Crippen LogP contribution in [0, 0.1) is 17.8 Å². The Morgan fingerprint density at radius 1 is 1.21 bits per heavy atom. The number of benzene rings is 1. The van der Waals surface area contributed by atoms with E-state index in [9.17, 15) is 14.4 Å². The second-order valence-corrected chi connectivity index (χ2v) is 8.60. The van der Waals surface area contributed by atoms with Crippen molar-refractivity contribution < 1.29 is 19.1 Å². The molecular formula is C21H25BrN2O4. The molecule has 150 valence electrons. The van der Waals surface area contributed by atoms with Gasteiger partial charge in [-0.3, -0.25) is 19.3 Å². The van der Waals surface area contributed by atoms with Crippen molar-refractivity contribution in [1.29, 1.82) is 0 Å². The van der Waals surface area contributed by atoms with Crippen LogP contribution in [0.25, 0.3) is 0 Å². The van der Waals surface area contributed by atoms with Crippen LogP contribution >= 0.6 is 15.9 Å². The van der Waals surface area contributed by atoms with Crippen molar-refractivity contribution in [3.63, 3.8) is 0 Å². The van der Waals surface area contributed by atoms with Crippen molar-refractivity contribution in [2.24, 2.45) is 17.8 Å². The van der Waals surface area contributed by atoms with Gasteiger partial charge in [-0.2, -0.15) is 0 Å². The van der Waals surface area contributed by atoms with Gasteiger partial charge in [-0.15, -0.1) is 0 Å². The second kappa shape index (κ2) is 8.47. The van der Waals surface area contributed by atoms with Gasteiger partial charge in [-0.05, 0) is 43.4 Å². The Labute approximate surface area is 173 Å². The summed E-state index contributed by atoms with van der Waals surface area (Å²) in [7, 11) is 1.52. The number of carbonyl (C=O) groups is 3. The molecule has 0 spiro atoms. The predicted molar refractivity (Wildman–Crippen MR) is 110 cm³/mol. The molecule has 0 radical (unpaired) electrons. The summed E-state index contributed by atoms with van der Waals surface area (Å²) in [5.41, 5.74) is 0.494. The molecule has 0 aromatic heterocycles. The molecule has 1 fully saturated rings. The molecule has 3 amide bonds. The monoisotopic (exact) mass is 448 g/mol. The summed E-state index contributed by atoms with van der Waals surface area (Å²) in [6.07, 6.45) is 5.41. The zero-order valence-electron chi connectivity index (χ0n) is 16.3. The number of hydrogen-bond donors (Lipinski definition) is 1. The van der Waals surface area contributed by atoms with E-state index >= 15 is 0 Å². The average molecular weight is 449 g/mol. The van der Waals surface area contributed by atoms with E-state index in [1.165, 1.54) is 12.0 Å². The Bertz CT molecular complexity index is 795. The summed E-state index contributed by atoms with van der Waals surface area (Å²) in [4.78, 5) is 40.3. The quantitative estimate of drug-likeness (QED) is 0.530. The zero-order chi connectivity index (χ0) is 20.4. The fourth-order valence-electron chi connectivity index (χ4n) is 3.90. The predicted octanol–water partition coefficient (Wildman–Crippen LogP) is 3.76. The van der Waals surface area contributed by atoms with Gasteiger partial charge >= 0.3 is 0 Å². The number of halogens is 1. The van der Waals surface area contributed by atoms with E-state index in [2.05, 4.69) is 21.2 Å². The highest BCUT2D eigenvalue weighted by Gasteiger charge is 2.51. The largest absolute Gasteiger partial charge is 0.495 e. The number of allylic oxidation sites excluding steroid dienone is 2. The fraction of sp³-hybridized carbons (Fsp3) is 0.476. The normalized spacial score (nSPS) is 22.4. The van der Waals surface area contributed by atoms with Gasteiger partial charge < -0.3 is 10.1 Å². The van der Waals surface area contributed by atoms with Crippen LogP contribution in [0.5, 0.6) is 5.75 Å². The molecule has 3 unspecified atom stereocenters. The van der Waals surface area contributed by atoms with E-state index in [0.29, 0.717) is 30.7 Å². The van der Waals surface area contributed by atoms with Crippen LogP contribution in [0.15, 0.2) is 34.8 Å². The van der Waals surface area contributed by atoms with Crippen LogP contribution < -0.4 is 10.1 Å². The van der Waals surface area contributed by atoms with Crippen LogP contribution in [-0.2, 0) is 14.4 Å². The third-order valence-corrected chi connectivity index (χ3v) is 5.76. The van der Waals surface area contributed by atoms with Gasteiger partial charge in [0.1, 0.15) is 11.8 Å². The number of anilines is 1. The van der Waals surface area contributed by atoms with Crippen molar-refractivity contribution >= 4 is 39.3 Å². The standard InChI is InChI=1S/C21H25BrN2O4/c1-12(2)10-17(19(25)23-16-11-13(22)8-9-18(16)28-3)24-20(26)14-6-4-5-7-15(14)21(24)27/h4-5,8-9,11-12,14-15,17H,6-7,10H2,1-3H3,(H,23,25). The highest BCUT2D eigenvalue weighted by molar-refractivity contribution is 9.10. The molecule has 1 aliphatic carbocycles. The van der Waals surface area contributed by atoms with E-state index in [1.807, 2.05) is 32.1 Å². The Hall–Kier alpha value is -2.15. The second-order valence-electron chi connectivity index (χ2n) is 7.68. The number of methoxy groups -OCH3 is 1. The summed E-state index contributed by atoms with van der Waals surface area (Å²) >= 11 is 3.39. The van der Waals surface area contributed by atoms with Gasteiger partial charge in [0.25, 0.3) is 0 Å². The molecule has 2 aliphatic rings. The molecule has 1 aromatic rings. The molecule has 0 bridgehead atoms. The lowest BCUT2D eigenvalue weighted by molar-refractivity contribution is -0.147. The van der Waals surface area contributed by atoms with Crippen LogP contribution in [0.3, 0.4) is 0 Å². The third kappa shape index (κ3) is 3.99. The molecule has 28 heavy (non-hydrogen) atoms. The zero-order valence-corrected chi connectivity index (χ0v) is 17.9. The highest BCUT2D eigenvalue weighted by Crippen LogP contribution is 2.37. The van der Waals surface area contributed by atoms with Crippen molar-refractivity contribution in [3.8, 4) is 5.75 Å². The summed E-state index contributed by atoms with van der Waals surface area (Å²) in [5.74, 6) is -0.889. The Morgan fingerprint density at radius 2 is 1.82 bits per heavy atom. The van der Waals surface area contributed by atoms with E-state index in [4.69, 9.17) is 4.74 Å². The number of imide groups is 1. The highest BCUT2D eigenvalue weighted by atomic mass is 79.9. The number of hydrogen-bond acceptors (Lipinski definition) is 4. The first-order chi connectivity index (χ1) is 13.3. The van der Waals surface area contributed by atoms with Crippen molar-refractivity contribution in [2.75, 3.05) is 12.4 Å². The van der Waals surface area contributed by atoms with E-state index in [1.54, 1.807) is 12.1 Å². The molecule has 3 rings (SSSR count). The molecular weight excluding hydrogens is 424 g/mol. The van der Waals surface area contributed by atoms with E-state index < -0.39 is 6.04 Å². The number of carbonyl (C=O) groups excluding carboxylic acids is 3. The summed E-state index contributed by atoms with van der Waals surface area (Å²) in [6.45, 7) is 3.94. The number of likely N-dealkylation sites (tertiary alicyclic amines) is 1. The van der Waals surface area contributed by atoms with Gasteiger partial charge in [-0.25, -0.2) is 0 Å². The van der Waals surface area contributed by atoms with Crippen LogP contribution in [0.1, 0.15) is 33.1 Å². The number of ether oxygens (including phenoxy) is 1. The Kier molecular flexibility index (Phi) is 6.23. The van der Waals surface area contributed by atoms with Gasteiger partial charge in [-0.1, -0.05) is 41.9 Å². The summed E-state index contributed by atoms with van der Waals surface area (Å²) in [6, 6.07) is 4.45. The molecule has 7 heteroatoms. The minimum Gasteiger partial charge on any atom is -0.495 e. The summed E-state index contributed by atoms with van der Waals surface area (Å²) in [5, 5.41) is 2.85. The smallest absolute Gasteiger partial charge is 0.247 e. The number of nitrogens with zero attached hydrogens (tertiary/aromatic N) is 1. The molecule has 6 nitrogen and oxygen atoms in total. The van der Waals surface area contributed by atoms with Gasteiger partial charge in [0.05, 0.1) is 24.6 Å². The maximum absolute atomic E-state index is 13.2. The molecule has 1 saturated heterocycles. The minimum atomic E-state index is -0.839. The number of rotatable bonds is 6. The van der Waals surface area contributed by atoms with Crippen LogP contribution in [-0.4, -0.2) is 35.8 Å². The average Bonchev–Trinajstić information content (AvgIpc) is 2.91. The van der Waals surface area contributed by atoms with Crippen LogP contribution in [0.2, 0.25) is 0 Å². The maximum atomic E-state index is 13.2. The maximum Gasteiger partial charge on any atom is 0.247 e. The first-order valence-electron chi connectivity index (χ1n) is 9.49. The SMILES string of the molecule is COc1ccc(Br)cc1NC(=O)C(CC(C)C)N1C(=O)C2CC=CCC2C1=O. The van der Waals surface area contributed by atoms with E-state index in [0.717, 1.165) is 4.47 Å². The Morgan fingerprint density at radius 3 is 2.36 bits per heavy atom. The van der Waals surface area contributed by atoms with Gasteiger partial charge in [0, 0.05) is 4.47 Å². The van der Waals surface area contributed by atoms with Crippen molar-refractivity contribution in [3.05, 3.63) is 34.8 Å². The minimum absolute atomic E-state index is 0.140. The number of nitrogens with one attached hydrogen (secondary N) is 1. The first-order valence-corrected chi connectivity index (χ1v) is 10.3. The fourth-order valence-corrected chi connectivity index (χ4v) is 4.26. The lowest BCUT2D eigenvalue weighted by atomic mass is 9.85. The number of amides is 3. The molecule has 1 N–H and O–H groups in total. The lowest BCUT2D eigenvalue weighted by Gasteiger charge is -2.27. The third-order valence-electron chi connectivity index (χ3n) is 5.27. The molecule has 1 aliphatic heterocycles. The number of fused-ring (bicyclic) bond motifs is 1. The van der Waals surface area contributed by atoms with Crippen molar-refractivity contribution in [1.82, 2.24) is 4.90 Å². The lowest BCUT2D eigenvalue weighted by Crippen LogP contribution is -2.48. The topological polar surface area (TPSA) is 75.7 Å². The molecule has 0 saturated carbocycles. The summed E-state index contributed by atoms with van der Waals surface area (Å²) < 4.78 is 6.10. The molecule has 3 atom stereocenters. The molecule has 1 heterocycles. The first kappa shape index (κ1) is 20.6. The van der Waals surface area contributed by atoms with Gasteiger partial charge in [0.15, 0.2) is 0 Å². The van der Waals surface area contributed by atoms with E-state index in [-0.39, 0.29) is 35.5 Å². The molecule has 1 aromatic carbocycles.